The molecule has 0 amide bonds. The van der Waals surface area contributed by atoms with Gasteiger partial charge < -0.3 is 0 Å². The van der Waals surface area contributed by atoms with Gasteiger partial charge in [0.1, 0.15) is 17.5 Å². The van der Waals surface area contributed by atoms with E-state index in [1.54, 1.807) is 26.1 Å². The second-order valence-corrected chi connectivity index (χ2v) is 5.26. The summed E-state index contributed by atoms with van der Waals surface area (Å²) >= 11 is 0. The van der Waals surface area contributed by atoms with E-state index in [1.807, 2.05) is 0 Å². The van der Waals surface area contributed by atoms with E-state index in [1.165, 1.54) is 4.68 Å². The molecule has 0 radical (unpaired) electrons. The lowest BCUT2D eigenvalue weighted by Gasteiger charge is -2.04. The minimum Gasteiger partial charge on any atom is -0.292 e. The molecule has 2 aromatic heterocycles. The lowest BCUT2D eigenvalue weighted by atomic mass is 10.1. The molecule has 6 nitrogen and oxygen atoms in total. The third-order valence-corrected chi connectivity index (χ3v) is 3.43. The van der Waals surface area contributed by atoms with Gasteiger partial charge in [-0.2, -0.15) is 0 Å². The zero-order valence-electron chi connectivity index (χ0n) is 13.0. The van der Waals surface area contributed by atoms with Crippen LogP contribution < -0.4 is 0 Å². The monoisotopic (exact) mass is 329 g/mol. The first-order valence-electron chi connectivity index (χ1n) is 7.14. The van der Waals surface area contributed by atoms with Gasteiger partial charge in [0, 0.05) is 12.3 Å². The fourth-order valence-electron chi connectivity index (χ4n) is 2.35. The number of hydrogen-bond acceptors (Lipinski definition) is 5. The van der Waals surface area contributed by atoms with Crippen molar-refractivity contribution in [3.05, 3.63) is 65.0 Å². The average Bonchev–Trinajstić information content (AvgIpc) is 2.88. The van der Waals surface area contributed by atoms with Gasteiger partial charge in [0.25, 0.3) is 0 Å². The highest BCUT2D eigenvalue weighted by atomic mass is 19.1. The van der Waals surface area contributed by atoms with Crippen molar-refractivity contribution >= 4 is 5.78 Å². The smallest absolute Gasteiger partial charge is 0.190 e. The molecule has 0 unspecified atom stereocenters. The van der Waals surface area contributed by atoms with E-state index >= 15 is 0 Å². The van der Waals surface area contributed by atoms with Crippen LogP contribution in [-0.4, -0.2) is 30.7 Å². The SMILES string of the molecule is Cc1nccc(CC(=O)c2nnn(-c3cc(F)cc(F)c3)c2C)n1. The number of carbonyl (C=O) groups is 1. The summed E-state index contributed by atoms with van der Waals surface area (Å²) in [5.41, 5.74) is 1.26. The van der Waals surface area contributed by atoms with Gasteiger partial charge >= 0.3 is 0 Å². The number of aryl methyl sites for hydroxylation is 1. The van der Waals surface area contributed by atoms with E-state index in [0.717, 1.165) is 18.2 Å². The molecular weight excluding hydrogens is 316 g/mol. The molecule has 0 spiro atoms. The molecule has 3 rings (SSSR count). The van der Waals surface area contributed by atoms with E-state index in [9.17, 15) is 13.6 Å². The number of benzene rings is 1. The number of carbonyl (C=O) groups excluding carboxylic acids is 1. The summed E-state index contributed by atoms with van der Waals surface area (Å²) in [4.78, 5) is 20.5. The third kappa shape index (κ3) is 3.17. The number of hydrogen-bond donors (Lipinski definition) is 0. The molecule has 8 heteroatoms. The number of nitrogens with zero attached hydrogens (tertiary/aromatic N) is 5. The Morgan fingerprint density at radius 2 is 1.88 bits per heavy atom. The fourth-order valence-corrected chi connectivity index (χ4v) is 2.35. The number of Topliss-reactive ketones (excluding diaryl/α,β-unsaturated/α-hetero) is 1. The van der Waals surface area contributed by atoms with Gasteiger partial charge in [-0.1, -0.05) is 5.21 Å². The molecule has 1 aromatic carbocycles. The summed E-state index contributed by atoms with van der Waals surface area (Å²) in [6.45, 7) is 3.34. The molecule has 3 aromatic rings. The van der Waals surface area contributed by atoms with E-state index in [-0.39, 0.29) is 23.6 Å². The molecule has 24 heavy (non-hydrogen) atoms. The zero-order valence-corrected chi connectivity index (χ0v) is 13.0. The Kier molecular flexibility index (Phi) is 4.11. The Hall–Kier alpha value is -3.03. The number of rotatable bonds is 4. The number of ketones is 1. The van der Waals surface area contributed by atoms with Crippen LogP contribution in [0.1, 0.15) is 27.7 Å². The summed E-state index contributed by atoms with van der Waals surface area (Å²) in [6, 6.07) is 4.64. The molecule has 0 aliphatic carbocycles. The van der Waals surface area contributed by atoms with Crippen LogP contribution in [0.4, 0.5) is 8.78 Å². The van der Waals surface area contributed by atoms with Crippen molar-refractivity contribution in [2.75, 3.05) is 0 Å². The van der Waals surface area contributed by atoms with Crippen LogP contribution in [0.15, 0.2) is 30.5 Å². The van der Waals surface area contributed by atoms with E-state index in [4.69, 9.17) is 0 Å². The highest BCUT2D eigenvalue weighted by Crippen LogP contribution is 2.16. The van der Waals surface area contributed by atoms with Crippen molar-refractivity contribution in [1.82, 2.24) is 25.0 Å². The molecule has 0 saturated carbocycles. The Labute approximate surface area is 136 Å². The summed E-state index contributed by atoms with van der Waals surface area (Å²) in [7, 11) is 0. The minimum atomic E-state index is -0.732. The first kappa shape index (κ1) is 15.9. The van der Waals surface area contributed by atoms with Crippen LogP contribution in [-0.2, 0) is 6.42 Å². The summed E-state index contributed by atoms with van der Waals surface area (Å²) in [6.07, 6.45) is 1.62. The van der Waals surface area contributed by atoms with Crippen molar-refractivity contribution in [2.45, 2.75) is 20.3 Å². The molecule has 0 aliphatic heterocycles. The van der Waals surface area contributed by atoms with E-state index in [2.05, 4.69) is 20.3 Å². The van der Waals surface area contributed by atoms with Gasteiger partial charge in [-0.05, 0) is 32.0 Å². The van der Waals surface area contributed by atoms with E-state index < -0.39 is 11.6 Å². The predicted molar refractivity (Wildman–Crippen MR) is 80.8 cm³/mol. The van der Waals surface area contributed by atoms with Crippen LogP contribution in [0.25, 0.3) is 5.69 Å². The predicted octanol–water partition coefficient (Wildman–Crippen LogP) is 2.38. The van der Waals surface area contributed by atoms with Crippen molar-refractivity contribution in [2.24, 2.45) is 0 Å². The average molecular weight is 329 g/mol. The molecule has 0 fully saturated rings. The maximum atomic E-state index is 13.4. The Morgan fingerprint density at radius 3 is 2.54 bits per heavy atom. The molecular formula is C16H13F2N5O. The normalized spacial score (nSPS) is 10.8. The van der Waals surface area contributed by atoms with Crippen LogP contribution in [0, 0.1) is 25.5 Å². The van der Waals surface area contributed by atoms with E-state index in [0.29, 0.717) is 17.2 Å². The molecule has 0 atom stereocenters. The number of aromatic nitrogens is 5. The van der Waals surface area contributed by atoms with Gasteiger partial charge in [0.15, 0.2) is 11.5 Å². The quantitative estimate of drug-likeness (QED) is 0.687. The Morgan fingerprint density at radius 1 is 1.17 bits per heavy atom. The molecule has 0 bridgehead atoms. The maximum absolute atomic E-state index is 13.4. The second kappa shape index (κ2) is 6.23. The fraction of sp³-hybridized carbons (Fsp3) is 0.188. The molecule has 0 N–H and O–H groups in total. The van der Waals surface area contributed by atoms with Crippen molar-refractivity contribution < 1.29 is 13.6 Å². The highest BCUT2D eigenvalue weighted by molar-refractivity contribution is 5.96. The van der Waals surface area contributed by atoms with Crippen molar-refractivity contribution in [1.29, 1.82) is 0 Å². The largest absolute Gasteiger partial charge is 0.292 e. The first-order chi connectivity index (χ1) is 11.4. The van der Waals surface area contributed by atoms with Gasteiger partial charge in [0.2, 0.25) is 0 Å². The van der Waals surface area contributed by atoms with Crippen molar-refractivity contribution in [3.63, 3.8) is 0 Å². The standard InChI is InChI=1S/C16H13F2N5O/c1-9-16(15(24)8-13-3-4-19-10(2)20-13)21-22-23(9)14-6-11(17)5-12(18)7-14/h3-7H,8H2,1-2H3. The van der Waals surface area contributed by atoms with Gasteiger partial charge in [0.05, 0.1) is 23.5 Å². The van der Waals surface area contributed by atoms with Crippen LogP contribution in [0.5, 0.6) is 0 Å². The Bertz CT molecular complexity index is 902. The molecule has 0 saturated heterocycles. The minimum absolute atomic E-state index is 0.0421. The maximum Gasteiger partial charge on any atom is 0.190 e. The lowest BCUT2D eigenvalue weighted by Crippen LogP contribution is -2.09. The topological polar surface area (TPSA) is 73.6 Å². The van der Waals surface area contributed by atoms with Crippen LogP contribution in [0.2, 0.25) is 0 Å². The summed E-state index contributed by atoms with van der Waals surface area (Å²) < 4.78 is 27.9. The zero-order chi connectivity index (χ0) is 17.3. The van der Waals surface area contributed by atoms with Gasteiger partial charge in [-0.15, -0.1) is 5.10 Å². The highest BCUT2D eigenvalue weighted by Gasteiger charge is 2.19. The third-order valence-electron chi connectivity index (χ3n) is 3.43. The molecule has 122 valence electrons. The van der Waals surface area contributed by atoms with Gasteiger partial charge in [-0.3, -0.25) is 4.79 Å². The summed E-state index contributed by atoms with van der Waals surface area (Å²) in [5.74, 6) is -1.18. The number of halogens is 2. The van der Waals surface area contributed by atoms with Gasteiger partial charge in [-0.25, -0.2) is 23.4 Å². The van der Waals surface area contributed by atoms with Crippen LogP contribution in [0.3, 0.4) is 0 Å². The molecule has 0 aliphatic rings. The lowest BCUT2D eigenvalue weighted by molar-refractivity contribution is 0.0986. The second-order valence-electron chi connectivity index (χ2n) is 5.26. The Balaban J connectivity index is 1.90. The van der Waals surface area contributed by atoms with Crippen LogP contribution >= 0.6 is 0 Å². The molecule has 2 heterocycles. The first-order valence-corrected chi connectivity index (χ1v) is 7.14. The summed E-state index contributed by atoms with van der Waals surface area (Å²) in [5, 5.41) is 7.67. The van der Waals surface area contributed by atoms with Crippen molar-refractivity contribution in [3.8, 4) is 5.69 Å².